The van der Waals surface area contributed by atoms with E-state index in [4.69, 9.17) is 17.0 Å². The van der Waals surface area contributed by atoms with Gasteiger partial charge in [-0.3, -0.25) is 5.43 Å². The Morgan fingerprint density at radius 1 is 1.29 bits per heavy atom. The summed E-state index contributed by atoms with van der Waals surface area (Å²) in [5, 5.41) is 7.71. The Kier molecular flexibility index (Phi) is 5.34. The highest BCUT2D eigenvalue weighted by atomic mass is 32.1. The summed E-state index contributed by atoms with van der Waals surface area (Å²) in [4.78, 5) is 3.08. The van der Waals surface area contributed by atoms with E-state index < -0.39 is 0 Å². The van der Waals surface area contributed by atoms with Crippen molar-refractivity contribution < 1.29 is 4.74 Å². The maximum Gasteiger partial charge on any atom is 0.191 e. The Morgan fingerprint density at radius 3 is 2.67 bits per heavy atom. The van der Waals surface area contributed by atoms with Crippen molar-refractivity contribution >= 4 is 28.7 Å². The van der Waals surface area contributed by atoms with Gasteiger partial charge < -0.3 is 15.0 Å². The molecule has 1 heterocycles. The summed E-state index contributed by atoms with van der Waals surface area (Å²) in [6.07, 6.45) is 1.85. The van der Waals surface area contributed by atoms with Crippen molar-refractivity contribution in [2.24, 2.45) is 5.10 Å². The van der Waals surface area contributed by atoms with E-state index >= 15 is 0 Å². The fourth-order valence-corrected chi connectivity index (χ4v) is 1.87. The smallest absolute Gasteiger partial charge is 0.191 e. The van der Waals surface area contributed by atoms with Crippen molar-refractivity contribution in [1.29, 1.82) is 0 Å². The first kappa shape index (κ1) is 15.1. The minimum Gasteiger partial charge on any atom is -0.494 e. The molecule has 6 heteroatoms. The summed E-state index contributed by atoms with van der Waals surface area (Å²) < 4.78 is 5.38. The quantitative estimate of drug-likeness (QED) is 0.451. The number of thiocarbonyl (C=S) groups is 1. The van der Waals surface area contributed by atoms with Gasteiger partial charge >= 0.3 is 0 Å². The highest BCUT2D eigenvalue weighted by Gasteiger charge is 2.00. The van der Waals surface area contributed by atoms with E-state index in [1.165, 1.54) is 0 Å². The molecule has 21 heavy (non-hydrogen) atoms. The Balaban J connectivity index is 1.88. The van der Waals surface area contributed by atoms with Crippen molar-refractivity contribution in [1.82, 2.24) is 10.4 Å². The molecule has 0 aliphatic rings. The number of aromatic amines is 1. The number of benzene rings is 1. The van der Waals surface area contributed by atoms with E-state index in [0.717, 1.165) is 22.8 Å². The fourth-order valence-electron chi connectivity index (χ4n) is 1.71. The first-order valence-electron chi connectivity index (χ1n) is 6.67. The van der Waals surface area contributed by atoms with Gasteiger partial charge in [0.1, 0.15) is 5.75 Å². The molecule has 110 valence electrons. The third-order valence-corrected chi connectivity index (χ3v) is 2.93. The molecule has 0 bridgehead atoms. The molecule has 1 aromatic carbocycles. The second kappa shape index (κ2) is 7.44. The van der Waals surface area contributed by atoms with Crippen LogP contribution in [0.4, 0.5) is 5.69 Å². The minimum absolute atomic E-state index is 0.435. The van der Waals surface area contributed by atoms with Gasteiger partial charge in [-0.05, 0) is 62.5 Å². The molecule has 0 radical (unpaired) electrons. The number of ether oxygens (including phenoxy) is 1. The number of nitrogens with zero attached hydrogens (tertiary/aromatic N) is 1. The number of H-pyrrole nitrogens is 1. The number of hydrazone groups is 1. The molecule has 0 saturated heterocycles. The molecule has 0 aliphatic carbocycles. The van der Waals surface area contributed by atoms with Crippen LogP contribution in [0, 0.1) is 0 Å². The molecule has 3 N–H and O–H groups in total. The molecular formula is C15H18N4OS. The molecule has 0 amide bonds. The van der Waals surface area contributed by atoms with Crippen LogP contribution in [0.2, 0.25) is 0 Å². The molecule has 0 unspecified atom stereocenters. The average molecular weight is 302 g/mol. The molecule has 0 fully saturated rings. The molecule has 0 saturated carbocycles. The Labute approximate surface area is 129 Å². The number of hydrogen-bond donors (Lipinski definition) is 3. The van der Waals surface area contributed by atoms with Gasteiger partial charge in [0.2, 0.25) is 0 Å². The lowest BCUT2D eigenvalue weighted by Crippen LogP contribution is -2.25. The van der Waals surface area contributed by atoms with E-state index in [-0.39, 0.29) is 0 Å². The van der Waals surface area contributed by atoms with Crippen molar-refractivity contribution in [2.45, 2.75) is 13.8 Å². The zero-order valence-corrected chi connectivity index (χ0v) is 12.8. The van der Waals surface area contributed by atoms with Gasteiger partial charge in [-0.1, -0.05) is 0 Å². The average Bonchev–Trinajstić information content (AvgIpc) is 3.01. The van der Waals surface area contributed by atoms with Crippen molar-refractivity contribution in [2.75, 3.05) is 11.9 Å². The molecule has 2 aromatic rings. The van der Waals surface area contributed by atoms with Gasteiger partial charge in [0.25, 0.3) is 0 Å². The van der Waals surface area contributed by atoms with Crippen LogP contribution in [0.5, 0.6) is 5.75 Å². The molecular weight excluding hydrogens is 284 g/mol. The number of hydrogen-bond acceptors (Lipinski definition) is 3. The van der Waals surface area contributed by atoms with E-state index in [9.17, 15) is 0 Å². The number of nitrogens with one attached hydrogen (secondary N) is 3. The zero-order valence-electron chi connectivity index (χ0n) is 12.0. The minimum atomic E-state index is 0.435. The Morgan fingerprint density at radius 2 is 2.05 bits per heavy atom. The maximum atomic E-state index is 5.38. The molecule has 2 rings (SSSR count). The summed E-state index contributed by atoms with van der Waals surface area (Å²) in [5.74, 6) is 0.836. The number of rotatable bonds is 5. The van der Waals surface area contributed by atoms with Crippen LogP contribution in [-0.4, -0.2) is 22.4 Å². The molecule has 0 atom stereocenters. The van der Waals surface area contributed by atoms with Gasteiger partial charge in [-0.25, -0.2) is 0 Å². The third kappa shape index (κ3) is 4.61. The highest BCUT2D eigenvalue weighted by molar-refractivity contribution is 7.80. The number of aromatic nitrogens is 1. The topological polar surface area (TPSA) is 61.4 Å². The molecule has 0 aliphatic heterocycles. The van der Waals surface area contributed by atoms with E-state index in [1.807, 2.05) is 56.4 Å². The summed E-state index contributed by atoms with van der Waals surface area (Å²) in [5.41, 5.74) is 5.47. The highest BCUT2D eigenvalue weighted by Crippen LogP contribution is 2.15. The zero-order chi connectivity index (χ0) is 15.1. The lowest BCUT2D eigenvalue weighted by Gasteiger charge is -2.09. The number of anilines is 1. The van der Waals surface area contributed by atoms with E-state index in [0.29, 0.717) is 11.7 Å². The first-order valence-corrected chi connectivity index (χ1v) is 7.07. The standard InChI is InChI=1S/C15H18N4OS/c1-3-20-13-8-6-12(7-9-13)17-15(21)19-18-11(2)14-5-4-10-16-14/h4-10,16H,3H2,1-2H3,(H2,17,19,21)/b18-11+. The van der Waals surface area contributed by atoms with Crippen LogP contribution < -0.4 is 15.5 Å². The lowest BCUT2D eigenvalue weighted by atomic mass is 10.3. The van der Waals surface area contributed by atoms with E-state index in [1.54, 1.807) is 0 Å². The lowest BCUT2D eigenvalue weighted by molar-refractivity contribution is 0.340. The first-order chi connectivity index (χ1) is 10.2. The van der Waals surface area contributed by atoms with Crippen LogP contribution in [0.15, 0.2) is 47.7 Å². The second-order valence-electron chi connectivity index (χ2n) is 4.30. The Bertz CT molecular complexity index is 605. The van der Waals surface area contributed by atoms with Crippen LogP contribution in [0.3, 0.4) is 0 Å². The van der Waals surface area contributed by atoms with Crippen LogP contribution in [0.1, 0.15) is 19.5 Å². The van der Waals surface area contributed by atoms with Gasteiger partial charge in [0.15, 0.2) is 5.11 Å². The molecule has 1 aromatic heterocycles. The van der Waals surface area contributed by atoms with E-state index in [2.05, 4.69) is 20.8 Å². The van der Waals surface area contributed by atoms with Crippen molar-refractivity contribution in [3.63, 3.8) is 0 Å². The largest absolute Gasteiger partial charge is 0.494 e. The van der Waals surface area contributed by atoms with Gasteiger partial charge in [0, 0.05) is 11.9 Å². The predicted molar refractivity (Wildman–Crippen MR) is 90.0 cm³/mol. The summed E-state index contributed by atoms with van der Waals surface area (Å²) in [6, 6.07) is 11.5. The van der Waals surface area contributed by atoms with Crippen molar-refractivity contribution in [3.8, 4) is 5.75 Å². The summed E-state index contributed by atoms with van der Waals surface area (Å²) in [6.45, 7) is 4.51. The van der Waals surface area contributed by atoms with Crippen LogP contribution in [-0.2, 0) is 0 Å². The normalized spacial score (nSPS) is 11.0. The van der Waals surface area contributed by atoms with Crippen LogP contribution in [0.25, 0.3) is 0 Å². The van der Waals surface area contributed by atoms with Gasteiger partial charge in [-0.15, -0.1) is 0 Å². The monoisotopic (exact) mass is 302 g/mol. The van der Waals surface area contributed by atoms with Crippen molar-refractivity contribution in [3.05, 3.63) is 48.3 Å². The molecule has 5 nitrogen and oxygen atoms in total. The van der Waals surface area contributed by atoms with Crippen LogP contribution >= 0.6 is 12.2 Å². The SMILES string of the molecule is CCOc1ccc(NC(=S)N/N=C(\C)c2ccc[nH]2)cc1. The second-order valence-corrected chi connectivity index (χ2v) is 4.71. The Hall–Kier alpha value is -2.34. The maximum absolute atomic E-state index is 5.38. The summed E-state index contributed by atoms with van der Waals surface area (Å²) in [7, 11) is 0. The third-order valence-electron chi connectivity index (χ3n) is 2.74. The predicted octanol–water partition coefficient (Wildman–Crippen LogP) is 3.12. The van der Waals surface area contributed by atoms with Gasteiger partial charge in [-0.2, -0.15) is 5.10 Å². The summed E-state index contributed by atoms with van der Waals surface area (Å²) >= 11 is 5.20. The molecule has 0 spiro atoms. The fraction of sp³-hybridized carbons (Fsp3) is 0.200. The van der Waals surface area contributed by atoms with Gasteiger partial charge in [0.05, 0.1) is 18.0 Å².